The second-order valence-corrected chi connectivity index (χ2v) is 5.62. The number of rotatable bonds is 3. The summed E-state index contributed by atoms with van der Waals surface area (Å²) in [5, 5.41) is 0. The maximum Gasteiger partial charge on any atom is 0.134 e. The Labute approximate surface area is 115 Å². The van der Waals surface area contributed by atoms with E-state index in [0.717, 1.165) is 17.1 Å². The summed E-state index contributed by atoms with van der Waals surface area (Å²) in [5.41, 5.74) is 2.47. The molecule has 0 N–H and O–H groups in total. The molecule has 0 bridgehead atoms. The fourth-order valence-corrected chi connectivity index (χ4v) is 1.89. The quantitative estimate of drug-likeness (QED) is 0.708. The van der Waals surface area contributed by atoms with Crippen LogP contribution < -0.4 is 4.74 Å². The lowest BCUT2D eigenvalue weighted by atomic mass is 9.87. The zero-order chi connectivity index (χ0) is 13.9. The summed E-state index contributed by atoms with van der Waals surface area (Å²) in [6, 6.07) is 16.2. The van der Waals surface area contributed by atoms with Gasteiger partial charge in [0.2, 0.25) is 0 Å². The van der Waals surface area contributed by atoms with Crippen LogP contribution in [0.25, 0.3) is 6.08 Å². The van der Waals surface area contributed by atoms with E-state index < -0.39 is 0 Å². The van der Waals surface area contributed by atoms with Gasteiger partial charge in [-0.1, -0.05) is 63.8 Å². The minimum Gasteiger partial charge on any atom is -0.457 e. The molecule has 0 radical (unpaired) electrons. The molecule has 19 heavy (non-hydrogen) atoms. The van der Waals surface area contributed by atoms with Crippen LogP contribution in [0.3, 0.4) is 0 Å². The Balaban J connectivity index is 2.22. The van der Waals surface area contributed by atoms with E-state index >= 15 is 0 Å². The second kappa shape index (κ2) is 5.31. The first kappa shape index (κ1) is 13.4. The van der Waals surface area contributed by atoms with Crippen LogP contribution in [0.15, 0.2) is 55.1 Å². The van der Waals surface area contributed by atoms with Crippen molar-refractivity contribution in [3.8, 4) is 11.5 Å². The first-order valence-electron chi connectivity index (χ1n) is 6.50. The molecule has 2 aromatic rings. The molecule has 0 aliphatic rings. The number of hydrogen-bond donors (Lipinski definition) is 0. The van der Waals surface area contributed by atoms with Crippen molar-refractivity contribution in [2.75, 3.05) is 0 Å². The van der Waals surface area contributed by atoms with Crippen molar-refractivity contribution in [1.29, 1.82) is 0 Å². The minimum absolute atomic E-state index is 0.164. The molecule has 0 saturated carbocycles. The zero-order valence-corrected chi connectivity index (χ0v) is 11.8. The van der Waals surface area contributed by atoms with Crippen LogP contribution >= 0.6 is 0 Å². The second-order valence-electron chi connectivity index (χ2n) is 5.62. The molecule has 2 rings (SSSR count). The van der Waals surface area contributed by atoms with E-state index in [0.29, 0.717) is 0 Å². The van der Waals surface area contributed by atoms with Crippen LogP contribution in [0.1, 0.15) is 31.9 Å². The third-order valence-electron chi connectivity index (χ3n) is 3.09. The monoisotopic (exact) mass is 252 g/mol. The average Bonchev–Trinajstić information content (AvgIpc) is 2.39. The van der Waals surface area contributed by atoms with E-state index in [4.69, 9.17) is 4.74 Å². The van der Waals surface area contributed by atoms with E-state index in [1.54, 1.807) is 6.08 Å². The maximum atomic E-state index is 5.90. The van der Waals surface area contributed by atoms with Gasteiger partial charge in [0, 0.05) is 5.56 Å². The average molecular weight is 252 g/mol. The van der Waals surface area contributed by atoms with Gasteiger partial charge in [-0.25, -0.2) is 0 Å². The van der Waals surface area contributed by atoms with Crippen LogP contribution in [-0.4, -0.2) is 0 Å². The highest BCUT2D eigenvalue weighted by atomic mass is 16.5. The van der Waals surface area contributed by atoms with Crippen molar-refractivity contribution in [2.24, 2.45) is 0 Å². The highest BCUT2D eigenvalue weighted by Gasteiger charge is 2.13. The third-order valence-corrected chi connectivity index (χ3v) is 3.09. The molecule has 0 atom stereocenters. The molecule has 1 nitrogen and oxygen atoms in total. The molecule has 2 aromatic carbocycles. The minimum atomic E-state index is 0.164. The summed E-state index contributed by atoms with van der Waals surface area (Å²) >= 11 is 0. The lowest BCUT2D eigenvalue weighted by Crippen LogP contribution is -2.10. The maximum absolute atomic E-state index is 5.90. The predicted molar refractivity (Wildman–Crippen MR) is 81.7 cm³/mol. The van der Waals surface area contributed by atoms with E-state index in [1.165, 1.54) is 5.56 Å². The summed E-state index contributed by atoms with van der Waals surface area (Å²) in [4.78, 5) is 0. The van der Waals surface area contributed by atoms with Crippen molar-refractivity contribution in [2.45, 2.75) is 26.2 Å². The molecule has 0 heterocycles. The standard InChI is InChI=1S/C18H20O/c1-5-14-8-6-7-9-17(14)19-16-12-10-15(11-13-16)18(2,3)4/h5-13H,1H2,2-4H3. The van der Waals surface area contributed by atoms with E-state index in [-0.39, 0.29) is 5.41 Å². The van der Waals surface area contributed by atoms with Crippen LogP contribution in [0.2, 0.25) is 0 Å². The Morgan fingerprint density at radius 3 is 2.16 bits per heavy atom. The van der Waals surface area contributed by atoms with Gasteiger partial charge in [0.15, 0.2) is 0 Å². The first-order valence-corrected chi connectivity index (χ1v) is 6.50. The van der Waals surface area contributed by atoms with Gasteiger partial charge in [-0.15, -0.1) is 0 Å². The van der Waals surface area contributed by atoms with Crippen molar-refractivity contribution < 1.29 is 4.74 Å². The smallest absolute Gasteiger partial charge is 0.134 e. The van der Waals surface area contributed by atoms with Crippen molar-refractivity contribution in [1.82, 2.24) is 0 Å². The van der Waals surface area contributed by atoms with E-state index in [2.05, 4.69) is 39.5 Å². The Hall–Kier alpha value is -2.02. The fraction of sp³-hybridized carbons (Fsp3) is 0.222. The number of hydrogen-bond acceptors (Lipinski definition) is 1. The predicted octanol–water partition coefficient (Wildman–Crippen LogP) is 5.42. The van der Waals surface area contributed by atoms with Gasteiger partial charge in [-0.2, -0.15) is 0 Å². The molecule has 0 unspecified atom stereocenters. The van der Waals surface area contributed by atoms with Crippen LogP contribution in [0.5, 0.6) is 11.5 Å². The molecule has 0 aliphatic carbocycles. The summed E-state index contributed by atoms with van der Waals surface area (Å²) < 4.78 is 5.90. The fourth-order valence-electron chi connectivity index (χ4n) is 1.89. The molecule has 0 fully saturated rings. The number of para-hydroxylation sites is 1. The first-order chi connectivity index (χ1) is 9.00. The molecule has 0 aliphatic heterocycles. The molecule has 0 saturated heterocycles. The number of ether oxygens (including phenoxy) is 1. The highest BCUT2D eigenvalue weighted by molar-refractivity contribution is 5.56. The summed E-state index contributed by atoms with van der Waals surface area (Å²) in [6.07, 6.45) is 1.80. The van der Waals surface area contributed by atoms with Crippen LogP contribution in [0, 0.1) is 0 Å². The molecule has 0 aromatic heterocycles. The normalized spacial score (nSPS) is 11.1. The topological polar surface area (TPSA) is 9.23 Å². The van der Waals surface area contributed by atoms with Gasteiger partial charge in [-0.05, 0) is 29.2 Å². The van der Waals surface area contributed by atoms with Crippen molar-refractivity contribution >= 4 is 6.08 Å². The lowest BCUT2D eigenvalue weighted by Gasteiger charge is -2.19. The van der Waals surface area contributed by atoms with Crippen LogP contribution in [0.4, 0.5) is 0 Å². The molecular weight excluding hydrogens is 232 g/mol. The number of benzene rings is 2. The molecule has 98 valence electrons. The van der Waals surface area contributed by atoms with Crippen LogP contribution in [-0.2, 0) is 5.41 Å². The largest absolute Gasteiger partial charge is 0.457 e. The van der Waals surface area contributed by atoms with Crippen molar-refractivity contribution in [3.63, 3.8) is 0 Å². The van der Waals surface area contributed by atoms with Gasteiger partial charge in [0.1, 0.15) is 11.5 Å². The third kappa shape index (κ3) is 3.25. The SMILES string of the molecule is C=Cc1ccccc1Oc1ccc(C(C)(C)C)cc1. The lowest BCUT2D eigenvalue weighted by molar-refractivity contribution is 0.480. The molecule has 0 amide bonds. The van der Waals surface area contributed by atoms with Crippen molar-refractivity contribution in [3.05, 3.63) is 66.2 Å². The Morgan fingerprint density at radius 2 is 1.58 bits per heavy atom. The molecule has 0 spiro atoms. The molecule has 1 heteroatoms. The van der Waals surface area contributed by atoms with E-state index in [1.807, 2.05) is 36.4 Å². The Bertz CT molecular complexity index is 559. The summed E-state index contributed by atoms with van der Waals surface area (Å²) in [7, 11) is 0. The Morgan fingerprint density at radius 1 is 0.947 bits per heavy atom. The van der Waals surface area contributed by atoms with E-state index in [9.17, 15) is 0 Å². The van der Waals surface area contributed by atoms with Gasteiger partial charge >= 0.3 is 0 Å². The molecular formula is C18H20O. The van der Waals surface area contributed by atoms with Gasteiger partial charge in [-0.3, -0.25) is 0 Å². The zero-order valence-electron chi connectivity index (χ0n) is 11.8. The summed E-state index contributed by atoms with van der Waals surface area (Å²) in [6.45, 7) is 10.4. The Kier molecular flexibility index (Phi) is 3.75. The summed E-state index contributed by atoms with van der Waals surface area (Å²) in [5.74, 6) is 1.68. The highest BCUT2D eigenvalue weighted by Crippen LogP contribution is 2.28. The van der Waals surface area contributed by atoms with Gasteiger partial charge < -0.3 is 4.74 Å². The van der Waals surface area contributed by atoms with Gasteiger partial charge in [0.25, 0.3) is 0 Å². The van der Waals surface area contributed by atoms with Gasteiger partial charge in [0.05, 0.1) is 0 Å².